The van der Waals surface area contributed by atoms with Crippen molar-refractivity contribution in [2.24, 2.45) is 0 Å². The van der Waals surface area contributed by atoms with Gasteiger partial charge in [-0.15, -0.1) is 0 Å². The minimum absolute atomic E-state index is 0.131. The largest absolute Gasteiger partial charge is 0.419 e. The third-order valence-electron chi connectivity index (χ3n) is 5.07. The van der Waals surface area contributed by atoms with Crippen molar-refractivity contribution in [3.05, 3.63) is 83.2 Å². The van der Waals surface area contributed by atoms with Gasteiger partial charge in [-0.25, -0.2) is 4.39 Å². The molecule has 3 aromatic rings. The first-order chi connectivity index (χ1) is 14.3. The number of carbonyl (C=O) groups is 1. The molecule has 0 radical (unpaired) electrons. The molecule has 0 aromatic heterocycles. The molecule has 0 bridgehead atoms. The summed E-state index contributed by atoms with van der Waals surface area (Å²) in [6, 6.07) is 17.1. The van der Waals surface area contributed by atoms with Crippen LogP contribution in [0.5, 0.6) is 0 Å². The number of carbonyl (C=O) groups excluding carboxylic acids is 1. The van der Waals surface area contributed by atoms with Crippen LogP contribution in [0.25, 0.3) is 22.3 Å². The number of ketones is 1. The van der Waals surface area contributed by atoms with E-state index in [-0.39, 0.29) is 12.0 Å². The average molecular weight is 414 g/mol. The van der Waals surface area contributed by atoms with Gasteiger partial charge in [-0.1, -0.05) is 74.9 Å². The SMILES string of the molecule is CCCc1ccc(-c2ccc(-c3ccc(C(=O)CC)c(C(F)(F)F)c3F)cc2)cc1. The summed E-state index contributed by atoms with van der Waals surface area (Å²) in [5.41, 5.74) is 1.11. The fourth-order valence-electron chi connectivity index (χ4n) is 3.49. The van der Waals surface area contributed by atoms with Gasteiger partial charge in [0.05, 0.1) is 0 Å². The zero-order valence-electron chi connectivity index (χ0n) is 16.8. The van der Waals surface area contributed by atoms with Gasteiger partial charge in [-0.2, -0.15) is 13.2 Å². The van der Waals surface area contributed by atoms with Gasteiger partial charge in [0, 0.05) is 17.5 Å². The Labute approximate surface area is 173 Å². The molecule has 0 unspecified atom stereocenters. The molecule has 0 amide bonds. The predicted octanol–water partition coefficient (Wildman–Crippen LogP) is 7.72. The number of alkyl halides is 3. The van der Waals surface area contributed by atoms with Gasteiger partial charge >= 0.3 is 6.18 Å². The quantitative estimate of drug-likeness (QED) is 0.298. The summed E-state index contributed by atoms with van der Waals surface area (Å²) in [4.78, 5) is 11.9. The maximum absolute atomic E-state index is 14.9. The molecule has 0 saturated carbocycles. The molecule has 0 N–H and O–H groups in total. The molecular formula is C25H22F4O. The van der Waals surface area contributed by atoms with Gasteiger partial charge in [0.15, 0.2) is 5.78 Å². The minimum Gasteiger partial charge on any atom is -0.294 e. The maximum atomic E-state index is 14.9. The third kappa shape index (κ3) is 4.45. The highest BCUT2D eigenvalue weighted by Gasteiger charge is 2.39. The fourth-order valence-corrected chi connectivity index (χ4v) is 3.49. The first kappa shape index (κ1) is 21.8. The van der Waals surface area contributed by atoms with E-state index in [1.54, 1.807) is 24.3 Å². The van der Waals surface area contributed by atoms with Crippen LogP contribution in [0.4, 0.5) is 17.6 Å². The normalized spacial score (nSPS) is 11.5. The van der Waals surface area contributed by atoms with E-state index in [4.69, 9.17) is 0 Å². The number of halogens is 4. The van der Waals surface area contributed by atoms with Crippen molar-refractivity contribution in [3.8, 4) is 22.3 Å². The van der Waals surface area contributed by atoms with Crippen LogP contribution in [-0.4, -0.2) is 5.78 Å². The van der Waals surface area contributed by atoms with E-state index < -0.39 is 28.9 Å². The Bertz CT molecular complexity index is 1030. The van der Waals surface area contributed by atoms with Crippen molar-refractivity contribution in [2.45, 2.75) is 39.3 Å². The van der Waals surface area contributed by atoms with Crippen molar-refractivity contribution in [2.75, 3.05) is 0 Å². The lowest BCUT2D eigenvalue weighted by Crippen LogP contribution is -2.16. The van der Waals surface area contributed by atoms with E-state index in [1.807, 2.05) is 24.3 Å². The van der Waals surface area contributed by atoms with Crippen LogP contribution >= 0.6 is 0 Å². The van der Waals surface area contributed by atoms with Gasteiger partial charge in [0.2, 0.25) is 0 Å². The summed E-state index contributed by atoms with van der Waals surface area (Å²) in [6.07, 6.45) is -3.03. The molecule has 3 rings (SSSR count). The lowest BCUT2D eigenvalue weighted by molar-refractivity contribution is -0.140. The van der Waals surface area contributed by atoms with E-state index in [0.29, 0.717) is 5.56 Å². The van der Waals surface area contributed by atoms with Gasteiger partial charge in [0.1, 0.15) is 11.4 Å². The van der Waals surface area contributed by atoms with Crippen LogP contribution in [0.1, 0.15) is 48.2 Å². The summed E-state index contributed by atoms with van der Waals surface area (Å²) in [7, 11) is 0. The van der Waals surface area contributed by atoms with E-state index in [1.165, 1.54) is 18.6 Å². The highest BCUT2D eigenvalue weighted by molar-refractivity contribution is 5.98. The maximum Gasteiger partial charge on any atom is 0.419 e. The number of benzene rings is 3. The van der Waals surface area contributed by atoms with Crippen molar-refractivity contribution in [1.29, 1.82) is 0 Å². The molecule has 1 nitrogen and oxygen atoms in total. The minimum atomic E-state index is -4.96. The second-order valence-electron chi connectivity index (χ2n) is 7.15. The smallest absolute Gasteiger partial charge is 0.294 e. The van der Waals surface area contributed by atoms with Gasteiger partial charge in [-0.3, -0.25) is 4.79 Å². The van der Waals surface area contributed by atoms with Crippen LogP contribution in [0.15, 0.2) is 60.7 Å². The number of rotatable bonds is 6. The van der Waals surface area contributed by atoms with Crippen molar-refractivity contribution < 1.29 is 22.4 Å². The summed E-state index contributed by atoms with van der Waals surface area (Å²) in [5.74, 6) is -2.16. The first-order valence-electron chi connectivity index (χ1n) is 9.88. The highest BCUT2D eigenvalue weighted by atomic mass is 19.4. The molecule has 0 fully saturated rings. The molecule has 5 heteroatoms. The third-order valence-corrected chi connectivity index (χ3v) is 5.07. The molecule has 30 heavy (non-hydrogen) atoms. The lowest BCUT2D eigenvalue weighted by atomic mass is 9.93. The summed E-state index contributed by atoms with van der Waals surface area (Å²) >= 11 is 0. The Hall–Kier alpha value is -2.95. The molecule has 156 valence electrons. The van der Waals surface area contributed by atoms with Gasteiger partial charge in [0.25, 0.3) is 0 Å². The molecule has 0 aliphatic rings. The summed E-state index contributed by atoms with van der Waals surface area (Å²) < 4.78 is 55.3. The predicted molar refractivity (Wildman–Crippen MR) is 111 cm³/mol. The summed E-state index contributed by atoms with van der Waals surface area (Å²) in [6.45, 7) is 3.56. The molecule has 0 saturated heterocycles. The Morgan fingerprint density at radius 2 is 1.33 bits per heavy atom. The molecule has 3 aromatic carbocycles. The van der Waals surface area contributed by atoms with Crippen LogP contribution < -0.4 is 0 Å². The number of hydrogen-bond donors (Lipinski definition) is 0. The van der Waals surface area contributed by atoms with Crippen LogP contribution in [0, 0.1) is 5.82 Å². The van der Waals surface area contributed by atoms with Crippen molar-refractivity contribution >= 4 is 5.78 Å². The number of aryl methyl sites for hydroxylation is 1. The van der Waals surface area contributed by atoms with Crippen molar-refractivity contribution in [1.82, 2.24) is 0 Å². The molecule has 0 atom stereocenters. The second-order valence-corrected chi connectivity index (χ2v) is 7.15. The van der Waals surface area contributed by atoms with E-state index in [0.717, 1.165) is 30.0 Å². The lowest BCUT2D eigenvalue weighted by Gasteiger charge is -2.16. The Balaban J connectivity index is 1.99. The van der Waals surface area contributed by atoms with E-state index in [2.05, 4.69) is 6.92 Å². The molecule has 0 spiro atoms. The Kier molecular flexibility index (Phi) is 6.40. The molecule has 0 heterocycles. The van der Waals surface area contributed by atoms with E-state index in [9.17, 15) is 22.4 Å². The van der Waals surface area contributed by atoms with Crippen molar-refractivity contribution in [3.63, 3.8) is 0 Å². The number of Topliss-reactive ketones (excluding diaryl/α,β-unsaturated/α-hetero) is 1. The summed E-state index contributed by atoms with van der Waals surface area (Å²) in [5, 5.41) is 0. The Morgan fingerprint density at radius 1 is 0.800 bits per heavy atom. The monoisotopic (exact) mass is 414 g/mol. The van der Waals surface area contributed by atoms with E-state index >= 15 is 0 Å². The average Bonchev–Trinajstić information content (AvgIpc) is 2.73. The van der Waals surface area contributed by atoms with Crippen LogP contribution in [0.2, 0.25) is 0 Å². The first-order valence-corrected chi connectivity index (χ1v) is 9.88. The van der Waals surface area contributed by atoms with Gasteiger partial charge in [-0.05, 0) is 34.7 Å². The van der Waals surface area contributed by atoms with Gasteiger partial charge < -0.3 is 0 Å². The van der Waals surface area contributed by atoms with Crippen LogP contribution in [0.3, 0.4) is 0 Å². The van der Waals surface area contributed by atoms with Crippen LogP contribution in [-0.2, 0) is 12.6 Å². The molecule has 0 aliphatic heterocycles. The number of hydrogen-bond acceptors (Lipinski definition) is 1. The topological polar surface area (TPSA) is 17.1 Å². The second kappa shape index (κ2) is 8.82. The molecular weight excluding hydrogens is 392 g/mol. The standard InChI is InChI=1S/C25H22F4O/c1-3-5-16-6-8-17(9-7-16)18-10-12-19(13-11-18)20-14-15-21(22(30)4-2)23(24(20)26)25(27,28)29/h6-15H,3-5H2,1-2H3. The zero-order valence-corrected chi connectivity index (χ0v) is 16.8. The Morgan fingerprint density at radius 3 is 1.83 bits per heavy atom. The zero-order chi connectivity index (χ0) is 21.9. The highest BCUT2D eigenvalue weighted by Crippen LogP contribution is 2.39. The fraction of sp³-hybridized carbons (Fsp3) is 0.240. The molecule has 0 aliphatic carbocycles.